The molecule has 100 valence electrons. The van der Waals surface area contributed by atoms with Gasteiger partial charge in [-0.1, -0.05) is 6.07 Å². The van der Waals surface area contributed by atoms with E-state index in [1.54, 1.807) is 23.5 Å². The van der Waals surface area contributed by atoms with Crippen molar-refractivity contribution in [2.24, 2.45) is 5.73 Å². The third kappa shape index (κ3) is 3.39. The Morgan fingerprint density at radius 2 is 2.16 bits per heavy atom. The van der Waals surface area contributed by atoms with E-state index in [1.807, 2.05) is 5.38 Å². The maximum absolute atomic E-state index is 13.7. The smallest absolute Gasteiger partial charge is 0.248 e. The predicted octanol–water partition coefficient (Wildman–Crippen LogP) is 2.58. The summed E-state index contributed by atoms with van der Waals surface area (Å²) in [4.78, 5) is 12.2. The molecule has 0 bridgehead atoms. The molecule has 0 aliphatic rings. The molecule has 0 saturated heterocycles. The van der Waals surface area contributed by atoms with Crippen LogP contribution in [0.4, 0.5) is 4.39 Å². The van der Waals surface area contributed by atoms with Gasteiger partial charge >= 0.3 is 0 Å². The number of halogens is 1. The number of primary amides is 1. The summed E-state index contributed by atoms with van der Waals surface area (Å²) < 4.78 is 13.7. The summed E-state index contributed by atoms with van der Waals surface area (Å²) in [6, 6.07) is 6.36. The molecule has 2 aromatic rings. The van der Waals surface area contributed by atoms with E-state index in [2.05, 4.69) is 18.3 Å². The molecule has 0 spiro atoms. The lowest BCUT2D eigenvalue weighted by atomic mass is 10.1. The van der Waals surface area contributed by atoms with E-state index >= 15 is 0 Å². The van der Waals surface area contributed by atoms with E-state index in [-0.39, 0.29) is 5.56 Å². The third-order valence-electron chi connectivity index (χ3n) is 2.91. The Morgan fingerprint density at radius 3 is 2.74 bits per heavy atom. The van der Waals surface area contributed by atoms with E-state index < -0.39 is 11.7 Å². The molecule has 0 radical (unpaired) electrons. The summed E-state index contributed by atoms with van der Waals surface area (Å²) in [6.45, 7) is 3.18. The lowest BCUT2D eigenvalue weighted by molar-refractivity contribution is 0.1000. The number of benzene rings is 1. The lowest BCUT2D eigenvalue weighted by Crippen LogP contribution is -2.15. The number of thiophene rings is 1. The van der Waals surface area contributed by atoms with Gasteiger partial charge < -0.3 is 11.1 Å². The molecule has 19 heavy (non-hydrogen) atoms. The van der Waals surface area contributed by atoms with Gasteiger partial charge in [0.15, 0.2) is 0 Å². The third-order valence-corrected chi connectivity index (χ3v) is 3.93. The van der Waals surface area contributed by atoms with Crippen molar-refractivity contribution in [3.63, 3.8) is 0 Å². The van der Waals surface area contributed by atoms with E-state index in [0.29, 0.717) is 18.7 Å². The highest BCUT2D eigenvalue weighted by Gasteiger charge is 2.07. The van der Waals surface area contributed by atoms with Crippen LogP contribution in [0.5, 0.6) is 0 Å². The molecule has 1 amide bonds. The molecular weight excluding hydrogens is 263 g/mol. The summed E-state index contributed by atoms with van der Waals surface area (Å²) in [6.07, 6.45) is 0. The number of nitrogens with two attached hydrogens (primary N) is 1. The number of hydrogen-bond acceptors (Lipinski definition) is 3. The van der Waals surface area contributed by atoms with Crippen molar-refractivity contribution >= 4 is 17.2 Å². The van der Waals surface area contributed by atoms with Gasteiger partial charge in [-0.25, -0.2) is 4.39 Å². The van der Waals surface area contributed by atoms with Crippen LogP contribution in [-0.4, -0.2) is 5.91 Å². The van der Waals surface area contributed by atoms with Crippen molar-refractivity contribution in [3.8, 4) is 0 Å². The highest BCUT2D eigenvalue weighted by atomic mass is 32.1. The molecule has 0 aliphatic carbocycles. The topological polar surface area (TPSA) is 55.1 Å². The summed E-state index contributed by atoms with van der Waals surface area (Å²) in [5.74, 6) is -1.03. The van der Waals surface area contributed by atoms with Crippen LogP contribution < -0.4 is 11.1 Å². The molecular formula is C14H15FN2OS. The Morgan fingerprint density at radius 1 is 1.37 bits per heavy atom. The number of nitrogens with one attached hydrogen (secondary N) is 1. The molecule has 1 heterocycles. The number of carbonyl (C=O) groups excluding carboxylic acids is 1. The largest absolute Gasteiger partial charge is 0.366 e. The second-order valence-electron chi connectivity index (χ2n) is 4.30. The predicted molar refractivity (Wildman–Crippen MR) is 74.5 cm³/mol. The van der Waals surface area contributed by atoms with Crippen LogP contribution in [0.2, 0.25) is 0 Å². The molecule has 1 aromatic carbocycles. The van der Waals surface area contributed by atoms with Gasteiger partial charge in [0.2, 0.25) is 5.91 Å². The van der Waals surface area contributed by atoms with Crippen LogP contribution in [0.3, 0.4) is 0 Å². The molecule has 3 N–H and O–H groups in total. The van der Waals surface area contributed by atoms with E-state index in [1.165, 1.54) is 16.5 Å². The first-order chi connectivity index (χ1) is 9.08. The second-order valence-corrected chi connectivity index (χ2v) is 5.30. The molecule has 0 aliphatic heterocycles. The molecule has 0 fully saturated rings. The monoisotopic (exact) mass is 278 g/mol. The van der Waals surface area contributed by atoms with Gasteiger partial charge in [-0.2, -0.15) is 0 Å². The Balaban J connectivity index is 1.96. The van der Waals surface area contributed by atoms with Crippen molar-refractivity contribution in [3.05, 3.63) is 57.0 Å². The van der Waals surface area contributed by atoms with Gasteiger partial charge in [-0.3, -0.25) is 4.79 Å². The highest BCUT2D eigenvalue weighted by molar-refractivity contribution is 7.10. The Kier molecular flexibility index (Phi) is 4.29. The number of hydrogen-bond donors (Lipinski definition) is 2. The molecule has 1 aromatic heterocycles. The van der Waals surface area contributed by atoms with Gasteiger partial charge in [0.05, 0.1) is 0 Å². The zero-order chi connectivity index (χ0) is 13.8. The molecule has 0 unspecified atom stereocenters. The molecule has 5 heteroatoms. The summed E-state index contributed by atoms with van der Waals surface area (Å²) >= 11 is 1.68. The van der Waals surface area contributed by atoms with Crippen LogP contribution in [0.1, 0.15) is 26.4 Å². The number of carbonyl (C=O) groups is 1. The van der Waals surface area contributed by atoms with Crippen molar-refractivity contribution in [1.82, 2.24) is 5.32 Å². The van der Waals surface area contributed by atoms with Crippen molar-refractivity contribution in [2.45, 2.75) is 20.0 Å². The van der Waals surface area contributed by atoms with Crippen molar-refractivity contribution < 1.29 is 9.18 Å². The fourth-order valence-electron chi connectivity index (χ4n) is 1.74. The molecule has 0 atom stereocenters. The molecule has 0 saturated carbocycles. The lowest BCUT2D eigenvalue weighted by Gasteiger charge is -2.06. The summed E-state index contributed by atoms with van der Waals surface area (Å²) in [7, 11) is 0. The maximum atomic E-state index is 13.7. The standard InChI is InChI=1S/C14H15FN2OS/c1-9-4-5-19-13(9)8-17-7-11-3-2-10(14(16)18)6-12(11)15/h2-6,17H,7-8H2,1H3,(H2,16,18). The average Bonchev–Trinajstić information content (AvgIpc) is 2.77. The average molecular weight is 278 g/mol. The normalized spacial score (nSPS) is 10.6. The number of amides is 1. The van der Waals surface area contributed by atoms with Gasteiger partial charge in [0, 0.05) is 29.1 Å². The highest BCUT2D eigenvalue weighted by Crippen LogP contribution is 2.15. The molecule has 2 rings (SSSR count). The van der Waals surface area contributed by atoms with E-state index in [0.717, 1.165) is 0 Å². The second kappa shape index (κ2) is 5.95. The van der Waals surface area contributed by atoms with Crippen LogP contribution in [-0.2, 0) is 13.1 Å². The molecule has 3 nitrogen and oxygen atoms in total. The van der Waals surface area contributed by atoms with Gasteiger partial charge in [0.1, 0.15) is 5.82 Å². The number of aryl methyl sites for hydroxylation is 1. The first-order valence-corrected chi connectivity index (χ1v) is 6.78. The zero-order valence-electron chi connectivity index (χ0n) is 10.6. The first-order valence-electron chi connectivity index (χ1n) is 5.90. The maximum Gasteiger partial charge on any atom is 0.248 e. The first kappa shape index (κ1) is 13.7. The number of rotatable bonds is 5. The summed E-state index contributed by atoms with van der Waals surface area (Å²) in [5, 5.41) is 5.22. The van der Waals surface area contributed by atoms with Gasteiger partial charge in [-0.05, 0) is 36.1 Å². The van der Waals surface area contributed by atoms with Crippen LogP contribution in [0, 0.1) is 12.7 Å². The van der Waals surface area contributed by atoms with Crippen LogP contribution in [0.25, 0.3) is 0 Å². The quantitative estimate of drug-likeness (QED) is 0.883. The van der Waals surface area contributed by atoms with Crippen molar-refractivity contribution in [2.75, 3.05) is 0 Å². The van der Waals surface area contributed by atoms with E-state index in [9.17, 15) is 9.18 Å². The fourth-order valence-corrected chi connectivity index (χ4v) is 2.62. The Bertz CT molecular complexity index is 595. The minimum atomic E-state index is -0.618. The summed E-state index contributed by atoms with van der Waals surface area (Å²) in [5.41, 5.74) is 7.05. The Labute approximate surface area is 115 Å². The van der Waals surface area contributed by atoms with Gasteiger partial charge in [-0.15, -0.1) is 11.3 Å². The Hall–Kier alpha value is -1.72. The fraction of sp³-hybridized carbons (Fsp3) is 0.214. The minimum Gasteiger partial charge on any atom is -0.366 e. The SMILES string of the molecule is Cc1ccsc1CNCc1ccc(C(N)=O)cc1F. The van der Waals surface area contributed by atoms with Gasteiger partial charge in [0.25, 0.3) is 0 Å². The minimum absolute atomic E-state index is 0.190. The zero-order valence-corrected chi connectivity index (χ0v) is 11.4. The van der Waals surface area contributed by atoms with Crippen LogP contribution >= 0.6 is 11.3 Å². The van der Waals surface area contributed by atoms with Crippen LogP contribution in [0.15, 0.2) is 29.6 Å². The van der Waals surface area contributed by atoms with E-state index in [4.69, 9.17) is 5.73 Å². The van der Waals surface area contributed by atoms with Crippen molar-refractivity contribution in [1.29, 1.82) is 0 Å².